The van der Waals surface area contributed by atoms with E-state index in [1.807, 2.05) is 38.1 Å². The summed E-state index contributed by atoms with van der Waals surface area (Å²) in [6.45, 7) is 7.49. The van der Waals surface area contributed by atoms with Gasteiger partial charge in [-0.3, -0.25) is 5.43 Å². The highest BCUT2D eigenvalue weighted by Gasteiger charge is 2.11. The molecular weight excluding hydrogens is 372 g/mol. The van der Waals surface area contributed by atoms with Gasteiger partial charge in [-0.2, -0.15) is 5.10 Å². The van der Waals surface area contributed by atoms with Gasteiger partial charge >= 0.3 is 0 Å². The fourth-order valence-electron chi connectivity index (χ4n) is 3.36. The van der Waals surface area contributed by atoms with Crippen molar-refractivity contribution in [3.05, 3.63) is 64.7 Å². The highest BCUT2D eigenvalue weighted by molar-refractivity contribution is 6.31. The number of aryl methyl sites for hydroxylation is 1. The molecule has 0 atom stereocenters. The van der Waals surface area contributed by atoms with Crippen LogP contribution < -0.4 is 10.3 Å². The zero-order valence-corrected chi connectivity index (χ0v) is 16.8. The molecule has 0 unspecified atom stereocenters. The maximum Gasteiger partial charge on any atom is 0.147 e. The number of fused-ring (bicyclic) bond motifs is 1. The van der Waals surface area contributed by atoms with Crippen LogP contribution in [0.5, 0.6) is 0 Å². The van der Waals surface area contributed by atoms with E-state index in [-0.39, 0.29) is 0 Å². The van der Waals surface area contributed by atoms with Crippen LogP contribution in [0.1, 0.15) is 18.1 Å². The van der Waals surface area contributed by atoms with Crippen molar-refractivity contribution in [3.8, 4) is 0 Å². The topological polar surface area (TPSA) is 49.8 Å². The maximum atomic E-state index is 6.09. The second kappa shape index (κ2) is 8.17. The third-order valence-corrected chi connectivity index (χ3v) is 5.21. The molecule has 0 amide bonds. The van der Waals surface area contributed by atoms with Crippen LogP contribution in [0, 0.1) is 6.92 Å². The van der Waals surface area contributed by atoms with Gasteiger partial charge in [0.1, 0.15) is 5.82 Å². The Hall–Kier alpha value is -2.63. The third kappa shape index (κ3) is 4.11. The summed E-state index contributed by atoms with van der Waals surface area (Å²) in [6, 6.07) is 16.2. The van der Waals surface area contributed by atoms with E-state index in [1.54, 1.807) is 0 Å². The number of benzene rings is 2. The lowest BCUT2D eigenvalue weighted by Crippen LogP contribution is -2.36. The monoisotopic (exact) mass is 394 g/mol. The van der Waals surface area contributed by atoms with Gasteiger partial charge in [-0.15, -0.1) is 0 Å². The minimum absolute atomic E-state index is 0.715. The van der Waals surface area contributed by atoms with Crippen molar-refractivity contribution in [2.24, 2.45) is 5.10 Å². The first kappa shape index (κ1) is 18.7. The molecule has 1 aromatic heterocycles. The predicted octanol–water partition coefficient (Wildman–Crippen LogP) is 4.87. The van der Waals surface area contributed by atoms with Crippen molar-refractivity contribution in [1.29, 1.82) is 0 Å². The lowest BCUT2D eigenvalue weighted by molar-refractivity contribution is 0.122. The molecule has 0 bridgehead atoms. The number of ether oxygens (including phenoxy) is 1. The van der Waals surface area contributed by atoms with Crippen molar-refractivity contribution in [1.82, 2.24) is 4.98 Å². The number of hydrogen-bond donors (Lipinski definition) is 1. The zero-order chi connectivity index (χ0) is 19.5. The summed E-state index contributed by atoms with van der Waals surface area (Å²) < 4.78 is 5.42. The SMILES string of the molecule is C/C(=N\Nc1cc(C)c2cc(Cl)ccc2n1)c1ccc(N2CCOCC2)cc1. The van der Waals surface area contributed by atoms with Crippen molar-refractivity contribution < 1.29 is 4.74 Å². The van der Waals surface area contributed by atoms with E-state index in [0.717, 1.165) is 59.9 Å². The Balaban J connectivity index is 1.49. The van der Waals surface area contributed by atoms with Gasteiger partial charge in [0, 0.05) is 29.2 Å². The quantitative estimate of drug-likeness (QED) is 0.506. The second-order valence-electron chi connectivity index (χ2n) is 6.94. The van der Waals surface area contributed by atoms with E-state index in [2.05, 4.69) is 44.7 Å². The van der Waals surface area contributed by atoms with Gasteiger partial charge in [-0.1, -0.05) is 23.7 Å². The molecule has 2 aromatic carbocycles. The Kier molecular flexibility index (Phi) is 5.46. The summed E-state index contributed by atoms with van der Waals surface area (Å²) in [5, 5.41) is 6.29. The van der Waals surface area contributed by atoms with E-state index >= 15 is 0 Å². The van der Waals surface area contributed by atoms with Gasteiger partial charge in [0.2, 0.25) is 0 Å². The number of nitrogens with zero attached hydrogens (tertiary/aromatic N) is 3. The minimum Gasteiger partial charge on any atom is -0.378 e. The molecule has 5 nitrogen and oxygen atoms in total. The van der Waals surface area contributed by atoms with Crippen molar-refractivity contribution >= 4 is 39.7 Å². The largest absolute Gasteiger partial charge is 0.378 e. The van der Waals surface area contributed by atoms with E-state index in [9.17, 15) is 0 Å². The van der Waals surface area contributed by atoms with Crippen LogP contribution >= 0.6 is 11.6 Å². The molecule has 2 heterocycles. The molecule has 6 heteroatoms. The van der Waals surface area contributed by atoms with Crippen LogP contribution in [0.3, 0.4) is 0 Å². The molecule has 1 saturated heterocycles. The molecule has 3 aromatic rings. The Morgan fingerprint density at radius 2 is 1.86 bits per heavy atom. The summed E-state index contributed by atoms with van der Waals surface area (Å²) >= 11 is 6.09. The third-order valence-electron chi connectivity index (χ3n) is 4.98. The van der Waals surface area contributed by atoms with Crippen molar-refractivity contribution in [3.63, 3.8) is 0 Å². The normalized spacial score (nSPS) is 15.1. The number of pyridine rings is 1. The highest BCUT2D eigenvalue weighted by atomic mass is 35.5. The number of morpholine rings is 1. The summed E-state index contributed by atoms with van der Waals surface area (Å²) in [7, 11) is 0. The fraction of sp³-hybridized carbons (Fsp3) is 0.273. The zero-order valence-electron chi connectivity index (χ0n) is 16.1. The molecular formula is C22H23ClN4O. The highest BCUT2D eigenvalue weighted by Crippen LogP contribution is 2.24. The number of rotatable bonds is 4. The fourth-order valence-corrected chi connectivity index (χ4v) is 3.54. The molecule has 0 radical (unpaired) electrons. The predicted molar refractivity (Wildman–Crippen MR) is 117 cm³/mol. The lowest BCUT2D eigenvalue weighted by Gasteiger charge is -2.28. The Morgan fingerprint density at radius 3 is 2.61 bits per heavy atom. The summed E-state index contributed by atoms with van der Waals surface area (Å²) in [5.41, 5.74) is 8.30. The number of anilines is 2. The Labute approximate surface area is 170 Å². The van der Waals surface area contributed by atoms with Gasteiger partial charge in [0.05, 0.1) is 24.4 Å². The molecule has 0 saturated carbocycles. The molecule has 1 aliphatic rings. The van der Waals surface area contributed by atoms with E-state index < -0.39 is 0 Å². The first-order valence-electron chi connectivity index (χ1n) is 9.40. The average Bonchev–Trinajstić information content (AvgIpc) is 2.73. The smallest absolute Gasteiger partial charge is 0.147 e. The number of aromatic nitrogens is 1. The number of hydrogen-bond acceptors (Lipinski definition) is 5. The van der Waals surface area contributed by atoms with Crippen LogP contribution in [-0.4, -0.2) is 37.0 Å². The summed E-state index contributed by atoms with van der Waals surface area (Å²) in [5.74, 6) is 0.719. The molecule has 144 valence electrons. The first-order valence-corrected chi connectivity index (χ1v) is 9.78. The molecule has 1 fully saturated rings. The van der Waals surface area contributed by atoms with Crippen molar-refractivity contribution in [2.45, 2.75) is 13.8 Å². The lowest BCUT2D eigenvalue weighted by atomic mass is 10.1. The second-order valence-corrected chi connectivity index (χ2v) is 7.38. The average molecular weight is 395 g/mol. The molecule has 1 N–H and O–H groups in total. The molecule has 28 heavy (non-hydrogen) atoms. The number of hydrazone groups is 1. The Morgan fingerprint density at radius 1 is 1.11 bits per heavy atom. The molecule has 1 aliphatic heterocycles. The molecule has 0 aliphatic carbocycles. The van der Waals surface area contributed by atoms with Crippen LogP contribution in [0.15, 0.2) is 53.6 Å². The summed E-state index contributed by atoms with van der Waals surface area (Å²) in [6.07, 6.45) is 0. The van der Waals surface area contributed by atoms with E-state index in [1.165, 1.54) is 5.69 Å². The van der Waals surface area contributed by atoms with Gasteiger partial charge in [-0.25, -0.2) is 4.98 Å². The van der Waals surface area contributed by atoms with Crippen LogP contribution in [0.2, 0.25) is 5.02 Å². The summed E-state index contributed by atoms with van der Waals surface area (Å²) in [4.78, 5) is 6.96. The number of nitrogens with one attached hydrogen (secondary N) is 1. The molecule has 0 spiro atoms. The van der Waals surface area contributed by atoms with Gasteiger partial charge in [-0.05, 0) is 61.4 Å². The maximum absolute atomic E-state index is 6.09. The Bertz CT molecular complexity index is 1010. The van der Waals surface area contributed by atoms with Crippen LogP contribution in [0.25, 0.3) is 10.9 Å². The van der Waals surface area contributed by atoms with Gasteiger partial charge in [0.25, 0.3) is 0 Å². The van der Waals surface area contributed by atoms with E-state index in [0.29, 0.717) is 5.02 Å². The van der Waals surface area contributed by atoms with Crippen LogP contribution in [0.4, 0.5) is 11.5 Å². The number of halogens is 1. The molecule has 4 rings (SSSR count). The van der Waals surface area contributed by atoms with Gasteiger partial charge in [0.15, 0.2) is 0 Å². The van der Waals surface area contributed by atoms with Crippen molar-refractivity contribution in [2.75, 3.05) is 36.6 Å². The first-order chi connectivity index (χ1) is 13.6. The van der Waals surface area contributed by atoms with Crippen LogP contribution in [-0.2, 0) is 4.74 Å². The van der Waals surface area contributed by atoms with E-state index in [4.69, 9.17) is 16.3 Å². The minimum atomic E-state index is 0.715. The standard InChI is InChI=1S/C22H23ClN4O/c1-15-13-22(24-21-8-5-18(23)14-20(15)21)26-25-16(2)17-3-6-19(7-4-17)27-9-11-28-12-10-27/h3-8,13-14H,9-12H2,1-2H3,(H,24,26)/b25-16+. The van der Waals surface area contributed by atoms with Gasteiger partial charge < -0.3 is 9.64 Å².